The van der Waals surface area contributed by atoms with Crippen LogP contribution in [0, 0.1) is 0 Å². The summed E-state index contributed by atoms with van der Waals surface area (Å²) >= 11 is 0. The number of hydrogen-bond donors (Lipinski definition) is 1. The number of rotatable bonds is 4. The zero-order valence-electron chi connectivity index (χ0n) is 11.1. The minimum Gasteiger partial charge on any atom is -0.549 e. The topological polar surface area (TPSA) is 69.6 Å². The van der Waals surface area contributed by atoms with E-state index in [0.29, 0.717) is 24.2 Å². The molecule has 0 saturated heterocycles. The molecule has 4 heteroatoms. The summed E-state index contributed by atoms with van der Waals surface area (Å²) < 4.78 is 5.05. The van der Waals surface area contributed by atoms with Crippen molar-refractivity contribution in [3.8, 4) is 5.75 Å². The molecule has 1 atom stereocenters. The molecule has 2 rings (SSSR count). The fraction of sp³-hybridized carbons (Fsp3) is 0.533. The summed E-state index contributed by atoms with van der Waals surface area (Å²) in [5.41, 5.74) is -0.615. The number of aliphatic hydroxyl groups is 1. The van der Waals surface area contributed by atoms with Gasteiger partial charge >= 0.3 is 0 Å². The maximum atomic E-state index is 11.5. The molecule has 0 radical (unpaired) electrons. The fourth-order valence-electron chi connectivity index (χ4n) is 2.91. The monoisotopic (exact) mass is 263 g/mol. The van der Waals surface area contributed by atoms with Crippen molar-refractivity contribution in [1.29, 1.82) is 0 Å². The van der Waals surface area contributed by atoms with Crippen LogP contribution in [0.2, 0.25) is 0 Å². The molecule has 1 N–H and O–H groups in total. The molecule has 1 aromatic rings. The van der Waals surface area contributed by atoms with Crippen molar-refractivity contribution < 1.29 is 19.7 Å². The van der Waals surface area contributed by atoms with E-state index in [0.717, 1.165) is 19.3 Å². The first-order valence-electron chi connectivity index (χ1n) is 6.64. The minimum absolute atomic E-state index is 0.512. The van der Waals surface area contributed by atoms with Gasteiger partial charge in [0, 0.05) is 0 Å². The molecule has 1 aliphatic rings. The Morgan fingerprint density at radius 1 is 1.26 bits per heavy atom. The van der Waals surface area contributed by atoms with Gasteiger partial charge in [-0.05, 0) is 30.5 Å². The predicted octanol–water partition coefficient (Wildman–Crippen LogP) is 1.22. The number of carboxylic acids is 1. The summed E-state index contributed by atoms with van der Waals surface area (Å²) in [7, 11) is 1.56. The molecule has 4 nitrogen and oxygen atoms in total. The highest BCUT2D eigenvalue weighted by Crippen LogP contribution is 2.40. The quantitative estimate of drug-likeness (QED) is 0.887. The first-order chi connectivity index (χ1) is 9.07. The highest BCUT2D eigenvalue weighted by atomic mass is 16.5. The van der Waals surface area contributed by atoms with Gasteiger partial charge in [0.15, 0.2) is 0 Å². The number of carbonyl (C=O) groups is 1. The van der Waals surface area contributed by atoms with E-state index in [-0.39, 0.29) is 0 Å². The molecule has 1 unspecified atom stereocenters. The van der Waals surface area contributed by atoms with Crippen LogP contribution in [0.25, 0.3) is 0 Å². The Bertz CT molecular complexity index is 432. The molecule has 0 aliphatic heterocycles. The minimum atomic E-state index is -1.21. The second-order valence-electron chi connectivity index (χ2n) is 5.19. The number of hydrogen-bond acceptors (Lipinski definition) is 4. The van der Waals surface area contributed by atoms with Crippen molar-refractivity contribution in [1.82, 2.24) is 0 Å². The van der Waals surface area contributed by atoms with Crippen LogP contribution in [0.1, 0.15) is 43.6 Å². The Hall–Kier alpha value is -1.55. The van der Waals surface area contributed by atoms with Gasteiger partial charge in [-0.1, -0.05) is 31.4 Å². The van der Waals surface area contributed by atoms with Gasteiger partial charge in [0.25, 0.3) is 0 Å². The lowest BCUT2D eigenvalue weighted by atomic mass is 9.73. The van der Waals surface area contributed by atoms with E-state index in [1.807, 2.05) is 0 Å². The van der Waals surface area contributed by atoms with Crippen LogP contribution in [-0.2, 0) is 4.79 Å². The van der Waals surface area contributed by atoms with Crippen molar-refractivity contribution in [2.75, 3.05) is 7.11 Å². The predicted molar refractivity (Wildman–Crippen MR) is 68.8 cm³/mol. The van der Waals surface area contributed by atoms with Crippen LogP contribution in [0.15, 0.2) is 24.3 Å². The summed E-state index contributed by atoms with van der Waals surface area (Å²) in [6.07, 6.45) is 3.78. The molecule has 0 heterocycles. The summed E-state index contributed by atoms with van der Waals surface area (Å²) in [6.45, 7) is 0. The van der Waals surface area contributed by atoms with Gasteiger partial charge < -0.3 is 19.7 Å². The molecule has 1 aromatic carbocycles. The Balaban J connectivity index is 2.30. The number of ether oxygens (including phenoxy) is 1. The van der Waals surface area contributed by atoms with Gasteiger partial charge in [-0.3, -0.25) is 0 Å². The third-order valence-corrected chi connectivity index (χ3v) is 3.94. The number of carbonyl (C=O) groups excluding carboxylic acids is 1. The van der Waals surface area contributed by atoms with Gasteiger partial charge in [0.1, 0.15) is 5.75 Å². The van der Waals surface area contributed by atoms with Crippen molar-refractivity contribution >= 4 is 5.97 Å². The first-order valence-corrected chi connectivity index (χ1v) is 6.64. The second-order valence-corrected chi connectivity index (χ2v) is 5.19. The van der Waals surface area contributed by atoms with Gasteiger partial charge in [-0.2, -0.15) is 0 Å². The number of benzene rings is 1. The smallest absolute Gasteiger partial charge is 0.118 e. The largest absolute Gasteiger partial charge is 0.549 e. The molecule has 0 amide bonds. The third kappa shape index (κ3) is 2.89. The van der Waals surface area contributed by atoms with Crippen LogP contribution in [0.3, 0.4) is 0 Å². The Kier molecular flexibility index (Phi) is 4.10. The summed E-state index contributed by atoms with van der Waals surface area (Å²) in [5, 5.41) is 22.1. The Morgan fingerprint density at radius 2 is 1.84 bits per heavy atom. The molecule has 1 fully saturated rings. The van der Waals surface area contributed by atoms with Crippen LogP contribution >= 0.6 is 0 Å². The molecule has 19 heavy (non-hydrogen) atoms. The van der Waals surface area contributed by atoms with E-state index in [1.54, 1.807) is 31.4 Å². The van der Waals surface area contributed by atoms with Crippen LogP contribution in [-0.4, -0.2) is 23.8 Å². The van der Waals surface area contributed by atoms with E-state index in [9.17, 15) is 15.0 Å². The van der Waals surface area contributed by atoms with Crippen molar-refractivity contribution in [3.63, 3.8) is 0 Å². The average molecular weight is 263 g/mol. The zero-order chi connectivity index (χ0) is 13.9. The average Bonchev–Trinajstić information content (AvgIpc) is 2.40. The van der Waals surface area contributed by atoms with E-state index >= 15 is 0 Å². The molecule has 0 spiro atoms. The van der Waals surface area contributed by atoms with Gasteiger partial charge in [0.2, 0.25) is 0 Å². The van der Waals surface area contributed by atoms with Gasteiger partial charge in [0.05, 0.1) is 24.6 Å². The summed E-state index contributed by atoms with van der Waals surface area (Å²) in [5.74, 6) is -1.52. The van der Waals surface area contributed by atoms with Crippen LogP contribution in [0.4, 0.5) is 0 Å². The van der Waals surface area contributed by atoms with E-state index in [4.69, 9.17) is 4.74 Å². The highest BCUT2D eigenvalue weighted by molar-refractivity contribution is 5.76. The molecular formula is C15H19O4-. The molecule has 0 aromatic heterocycles. The molecule has 104 valence electrons. The number of aliphatic carboxylic acids is 1. The second kappa shape index (κ2) is 5.61. The lowest BCUT2D eigenvalue weighted by Gasteiger charge is -2.40. The van der Waals surface area contributed by atoms with Gasteiger partial charge in [-0.15, -0.1) is 0 Å². The molecule has 1 aliphatic carbocycles. The Morgan fingerprint density at radius 3 is 2.32 bits per heavy atom. The van der Waals surface area contributed by atoms with Crippen molar-refractivity contribution in [2.24, 2.45) is 0 Å². The lowest BCUT2D eigenvalue weighted by Crippen LogP contribution is -2.47. The summed E-state index contributed by atoms with van der Waals surface area (Å²) in [6, 6.07) is 6.78. The molecule has 1 saturated carbocycles. The van der Waals surface area contributed by atoms with Crippen molar-refractivity contribution in [3.05, 3.63) is 29.8 Å². The summed E-state index contributed by atoms with van der Waals surface area (Å²) in [4.78, 5) is 11.5. The van der Waals surface area contributed by atoms with Gasteiger partial charge in [-0.25, -0.2) is 0 Å². The standard InChI is InChI=1S/C15H20O4/c1-19-12-7-5-11(6-8-12)13(14(16)17)15(18)9-3-2-4-10-15/h5-8,13,18H,2-4,9-10H2,1H3,(H,16,17)/p-1. The SMILES string of the molecule is COc1ccc(C(C(=O)[O-])C2(O)CCCCC2)cc1. The Labute approximate surface area is 113 Å². The zero-order valence-corrected chi connectivity index (χ0v) is 11.1. The maximum Gasteiger partial charge on any atom is 0.118 e. The molecule has 0 bridgehead atoms. The van der Waals surface area contributed by atoms with E-state index in [1.165, 1.54) is 0 Å². The van der Waals surface area contributed by atoms with Crippen LogP contribution in [0.5, 0.6) is 5.75 Å². The normalized spacial score (nSPS) is 19.7. The third-order valence-electron chi connectivity index (χ3n) is 3.94. The highest BCUT2D eigenvalue weighted by Gasteiger charge is 2.39. The molecular weight excluding hydrogens is 244 g/mol. The fourth-order valence-corrected chi connectivity index (χ4v) is 2.91. The number of carboxylic acid groups (broad SMARTS) is 1. The van der Waals surface area contributed by atoms with E-state index in [2.05, 4.69) is 0 Å². The first kappa shape index (κ1) is 13.9. The maximum absolute atomic E-state index is 11.5. The number of methoxy groups -OCH3 is 1. The van der Waals surface area contributed by atoms with Crippen LogP contribution < -0.4 is 9.84 Å². The van der Waals surface area contributed by atoms with E-state index < -0.39 is 17.5 Å². The lowest BCUT2D eigenvalue weighted by molar-refractivity contribution is -0.313. The van der Waals surface area contributed by atoms with Crippen molar-refractivity contribution in [2.45, 2.75) is 43.6 Å².